The Morgan fingerprint density at radius 2 is 1.95 bits per heavy atom. The summed E-state index contributed by atoms with van der Waals surface area (Å²) in [5.74, 6) is -0.471. The van der Waals surface area contributed by atoms with E-state index in [2.05, 4.69) is 25.6 Å². The normalized spacial score (nSPS) is 18.3. The third-order valence-corrected chi connectivity index (χ3v) is 6.64. The molecule has 4 nitrogen and oxygen atoms in total. The lowest BCUT2D eigenvalue weighted by atomic mass is 9.97. The van der Waals surface area contributed by atoms with Gasteiger partial charge in [-0.25, -0.2) is 17.5 Å². The fourth-order valence-corrected chi connectivity index (χ4v) is 4.98. The van der Waals surface area contributed by atoms with Gasteiger partial charge in [-0.2, -0.15) is 0 Å². The number of hydrogen-bond donors (Lipinski definition) is 1. The van der Waals surface area contributed by atoms with E-state index in [0.29, 0.717) is 6.54 Å². The molecule has 7 heteroatoms. The highest BCUT2D eigenvalue weighted by molar-refractivity contribution is 9.10. The summed E-state index contributed by atoms with van der Waals surface area (Å²) in [6.07, 6.45) is 4.18. The smallest absolute Gasteiger partial charge is 0.241 e. The Morgan fingerprint density at radius 3 is 2.48 bits per heavy atom. The molecular weight excluding hydrogens is 359 g/mol. The maximum absolute atomic E-state index is 13.1. The number of hydrogen-bond acceptors (Lipinski definition) is 3. The summed E-state index contributed by atoms with van der Waals surface area (Å²) in [5, 5.41) is 0. The van der Waals surface area contributed by atoms with Crippen LogP contribution in [0.1, 0.15) is 25.7 Å². The van der Waals surface area contributed by atoms with Crippen LogP contribution in [0.2, 0.25) is 0 Å². The zero-order chi connectivity index (χ0) is 15.7. The number of rotatable bonds is 5. The summed E-state index contributed by atoms with van der Waals surface area (Å²) in [7, 11) is 0.302. The van der Waals surface area contributed by atoms with E-state index in [9.17, 15) is 12.8 Å². The molecule has 1 fully saturated rings. The number of likely N-dealkylation sites (N-methyl/N-ethyl adjacent to an activating group) is 1. The highest BCUT2D eigenvalue weighted by Gasteiger charge is 2.37. The van der Waals surface area contributed by atoms with Crippen molar-refractivity contribution in [2.24, 2.45) is 0 Å². The van der Waals surface area contributed by atoms with Crippen LogP contribution in [0.3, 0.4) is 0 Å². The number of nitrogens with one attached hydrogen (secondary N) is 1. The van der Waals surface area contributed by atoms with Crippen LogP contribution in [-0.2, 0) is 10.0 Å². The van der Waals surface area contributed by atoms with Crippen LogP contribution in [0.4, 0.5) is 4.39 Å². The Labute approximate surface area is 133 Å². The molecule has 0 amide bonds. The second-order valence-electron chi connectivity index (χ2n) is 5.73. The Kier molecular flexibility index (Phi) is 5.07. The lowest BCUT2D eigenvalue weighted by molar-refractivity contribution is 0.162. The molecule has 0 radical (unpaired) electrons. The quantitative estimate of drug-likeness (QED) is 0.856. The minimum absolute atomic E-state index is 0.0656. The number of sulfonamides is 1. The first kappa shape index (κ1) is 16.9. The molecule has 1 aromatic rings. The van der Waals surface area contributed by atoms with Gasteiger partial charge in [0.15, 0.2) is 0 Å². The van der Waals surface area contributed by atoms with Crippen molar-refractivity contribution in [3.05, 3.63) is 28.5 Å². The Bertz CT molecular complexity index is 613. The van der Waals surface area contributed by atoms with Gasteiger partial charge < -0.3 is 4.90 Å². The van der Waals surface area contributed by atoms with E-state index in [1.807, 2.05) is 14.1 Å². The van der Waals surface area contributed by atoms with Crippen molar-refractivity contribution in [2.75, 3.05) is 20.6 Å². The lowest BCUT2D eigenvalue weighted by Crippen LogP contribution is -2.50. The highest BCUT2D eigenvalue weighted by atomic mass is 79.9. The summed E-state index contributed by atoms with van der Waals surface area (Å²) in [6.45, 7) is 0.367. The maximum Gasteiger partial charge on any atom is 0.241 e. The predicted molar refractivity (Wildman–Crippen MR) is 84.2 cm³/mol. The molecule has 0 heterocycles. The molecule has 0 unspecified atom stereocenters. The van der Waals surface area contributed by atoms with Crippen molar-refractivity contribution in [3.63, 3.8) is 0 Å². The summed E-state index contributed by atoms with van der Waals surface area (Å²) >= 11 is 3.11. The Morgan fingerprint density at radius 1 is 1.33 bits per heavy atom. The van der Waals surface area contributed by atoms with Gasteiger partial charge in [0, 0.05) is 16.6 Å². The van der Waals surface area contributed by atoms with E-state index >= 15 is 0 Å². The molecule has 0 aliphatic heterocycles. The molecule has 1 N–H and O–H groups in total. The maximum atomic E-state index is 13.1. The van der Waals surface area contributed by atoms with Crippen LogP contribution in [0.25, 0.3) is 0 Å². The van der Waals surface area contributed by atoms with Gasteiger partial charge in [0.25, 0.3) is 0 Å². The summed E-state index contributed by atoms with van der Waals surface area (Å²) in [5.41, 5.74) is -0.125. The molecule has 21 heavy (non-hydrogen) atoms. The van der Waals surface area contributed by atoms with E-state index < -0.39 is 15.8 Å². The fraction of sp³-hybridized carbons (Fsp3) is 0.571. The van der Waals surface area contributed by atoms with Gasteiger partial charge in [-0.05, 0) is 61.1 Å². The van der Waals surface area contributed by atoms with E-state index in [0.717, 1.165) is 37.8 Å². The van der Waals surface area contributed by atoms with Crippen molar-refractivity contribution in [2.45, 2.75) is 36.1 Å². The molecule has 1 aliphatic rings. The van der Waals surface area contributed by atoms with Gasteiger partial charge in [-0.1, -0.05) is 12.8 Å². The zero-order valence-electron chi connectivity index (χ0n) is 12.2. The van der Waals surface area contributed by atoms with Gasteiger partial charge in [0.1, 0.15) is 5.82 Å². The van der Waals surface area contributed by atoms with Crippen molar-refractivity contribution in [3.8, 4) is 0 Å². The molecule has 118 valence electrons. The molecule has 2 rings (SSSR count). The van der Waals surface area contributed by atoms with Crippen molar-refractivity contribution >= 4 is 26.0 Å². The predicted octanol–water partition coefficient (Wildman–Crippen LogP) is 2.74. The average Bonchev–Trinajstić information content (AvgIpc) is 2.86. The molecule has 1 aliphatic carbocycles. The minimum Gasteiger partial charge on any atom is -0.302 e. The monoisotopic (exact) mass is 378 g/mol. The van der Waals surface area contributed by atoms with Crippen molar-refractivity contribution < 1.29 is 12.8 Å². The highest BCUT2D eigenvalue weighted by Crippen LogP contribution is 2.33. The van der Waals surface area contributed by atoms with Gasteiger partial charge in [-0.3, -0.25) is 0 Å². The van der Waals surface area contributed by atoms with Crippen LogP contribution >= 0.6 is 15.9 Å². The Balaban J connectivity index is 2.18. The molecule has 1 saturated carbocycles. The SMILES string of the molecule is CN(C)C1(CNS(=O)(=O)c2ccc(F)cc2Br)CCCC1. The number of benzene rings is 1. The molecular formula is C14H20BrFN2O2S. The first-order valence-corrected chi connectivity index (χ1v) is 9.17. The molecule has 1 aromatic carbocycles. The summed E-state index contributed by atoms with van der Waals surface area (Å²) in [6, 6.07) is 3.58. The first-order valence-electron chi connectivity index (χ1n) is 6.89. The van der Waals surface area contributed by atoms with E-state index in [-0.39, 0.29) is 14.9 Å². The molecule has 0 saturated heterocycles. The van der Waals surface area contributed by atoms with Crippen molar-refractivity contribution in [1.29, 1.82) is 0 Å². The third kappa shape index (κ3) is 3.64. The van der Waals surface area contributed by atoms with Gasteiger partial charge in [-0.15, -0.1) is 0 Å². The first-order chi connectivity index (χ1) is 9.77. The van der Waals surface area contributed by atoms with E-state index in [1.165, 1.54) is 6.07 Å². The topological polar surface area (TPSA) is 49.4 Å². The van der Waals surface area contributed by atoms with Crippen LogP contribution in [0, 0.1) is 5.82 Å². The van der Waals surface area contributed by atoms with Crippen LogP contribution in [-0.4, -0.2) is 39.5 Å². The lowest BCUT2D eigenvalue weighted by Gasteiger charge is -2.36. The standard InChI is InChI=1S/C14H20BrFN2O2S/c1-18(2)14(7-3-4-8-14)10-17-21(19,20)13-6-5-11(16)9-12(13)15/h5-6,9,17H,3-4,7-8,10H2,1-2H3. The summed E-state index contributed by atoms with van der Waals surface area (Å²) < 4.78 is 40.8. The molecule has 0 bridgehead atoms. The van der Waals surface area contributed by atoms with Crippen LogP contribution in [0.5, 0.6) is 0 Å². The molecule has 0 aromatic heterocycles. The number of halogens is 2. The third-order valence-electron chi connectivity index (χ3n) is 4.26. The van der Waals surface area contributed by atoms with Crippen molar-refractivity contribution in [1.82, 2.24) is 9.62 Å². The van der Waals surface area contributed by atoms with Gasteiger partial charge in [0.05, 0.1) is 4.90 Å². The van der Waals surface area contributed by atoms with E-state index in [1.54, 1.807) is 0 Å². The second-order valence-corrected chi connectivity index (χ2v) is 8.31. The summed E-state index contributed by atoms with van der Waals surface area (Å²) in [4.78, 5) is 2.16. The van der Waals surface area contributed by atoms with Gasteiger partial charge in [0.2, 0.25) is 10.0 Å². The second kappa shape index (κ2) is 6.32. The van der Waals surface area contributed by atoms with Crippen LogP contribution < -0.4 is 4.72 Å². The minimum atomic E-state index is -3.66. The zero-order valence-corrected chi connectivity index (χ0v) is 14.6. The van der Waals surface area contributed by atoms with Crippen LogP contribution in [0.15, 0.2) is 27.6 Å². The average molecular weight is 379 g/mol. The largest absolute Gasteiger partial charge is 0.302 e. The number of nitrogens with zero attached hydrogens (tertiary/aromatic N) is 1. The van der Waals surface area contributed by atoms with E-state index in [4.69, 9.17) is 0 Å². The molecule has 0 spiro atoms. The fourth-order valence-electron chi connectivity index (χ4n) is 2.82. The molecule has 0 atom stereocenters. The Hall–Kier alpha value is -0.500. The van der Waals surface area contributed by atoms with Gasteiger partial charge >= 0.3 is 0 Å².